The summed E-state index contributed by atoms with van der Waals surface area (Å²) in [4.78, 5) is 23.3. The quantitative estimate of drug-likeness (QED) is 0.608. The zero-order valence-electron chi connectivity index (χ0n) is 10.8. The first-order valence-corrected chi connectivity index (χ1v) is 7.12. The third kappa shape index (κ3) is 4.28. The van der Waals surface area contributed by atoms with Crippen molar-refractivity contribution in [2.24, 2.45) is 5.92 Å². The van der Waals surface area contributed by atoms with E-state index in [2.05, 4.69) is 15.9 Å². The van der Waals surface area contributed by atoms with Crippen LogP contribution in [0.2, 0.25) is 0 Å². The van der Waals surface area contributed by atoms with Crippen LogP contribution in [0, 0.1) is 16.0 Å². The Morgan fingerprint density at radius 2 is 2.20 bits per heavy atom. The van der Waals surface area contributed by atoms with Gasteiger partial charge in [0.25, 0.3) is 5.69 Å². The predicted octanol–water partition coefficient (Wildman–Crippen LogP) is 2.65. The molecule has 0 unspecified atom stereocenters. The summed E-state index contributed by atoms with van der Waals surface area (Å²) in [6.45, 7) is 0.871. The third-order valence-corrected chi connectivity index (χ3v) is 3.70. The molecule has 1 aliphatic rings. The molecule has 1 aromatic rings. The molecule has 2 rings (SSSR count). The summed E-state index contributed by atoms with van der Waals surface area (Å²) in [6.07, 6.45) is 2.22. The van der Waals surface area contributed by atoms with Crippen LogP contribution in [0.1, 0.15) is 18.4 Å². The fourth-order valence-electron chi connectivity index (χ4n) is 2.12. The van der Waals surface area contributed by atoms with Crippen molar-refractivity contribution in [3.8, 4) is 0 Å². The molecule has 20 heavy (non-hydrogen) atoms. The number of aliphatic carboxylic acids is 1. The molecular weight excluding hydrogens is 328 g/mol. The molecule has 1 fully saturated rings. The molecular formula is C13H15BrN2O4. The third-order valence-electron chi connectivity index (χ3n) is 3.21. The van der Waals surface area contributed by atoms with E-state index in [1.165, 1.54) is 6.07 Å². The topological polar surface area (TPSA) is 83.7 Å². The highest BCUT2D eigenvalue weighted by atomic mass is 79.9. The van der Waals surface area contributed by atoms with Gasteiger partial charge in [-0.15, -0.1) is 0 Å². The Labute approximate surface area is 124 Å². The van der Waals surface area contributed by atoms with Gasteiger partial charge in [-0.05, 0) is 30.9 Å². The highest BCUT2D eigenvalue weighted by Gasteiger charge is 2.26. The number of carboxylic acid groups (broad SMARTS) is 1. The lowest BCUT2D eigenvalue weighted by atomic mass is 10.1. The molecule has 7 heteroatoms. The minimum atomic E-state index is -0.912. The standard InChI is InChI=1S/C13H15BrN2O4/c14-11-4-3-10(12(5-11)16(19)20)7-15(8-13(17)18)6-9-1-2-9/h3-5,9H,1-2,6-8H2,(H,17,18). The Balaban J connectivity index is 2.15. The summed E-state index contributed by atoms with van der Waals surface area (Å²) in [5, 5.41) is 20.0. The number of halogens is 1. The van der Waals surface area contributed by atoms with Crippen LogP contribution in [0.25, 0.3) is 0 Å². The van der Waals surface area contributed by atoms with Gasteiger partial charge in [0.05, 0.1) is 11.5 Å². The van der Waals surface area contributed by atoms with Crippen LogP contribution in [-0.4, -0.2) is 34.0 Å². The van der Waals surface area contributed by atoms with Crippen LogP contribution in [0.3, 0.4) is 0 Å². The van der Waals surface area contributed by atoms with E-state index in [0.717, 1.165) is 12.8 Å². The molecule has 0 spiro atoms. The van der Waals surface area contributed by atoms with Crippen LogP contribution in [0.5, 0.6) is 0 Å². The van der Waals surface area contributed by atoms with Crippen molar-refractivity contribution >= 4 is 27.6 Å². The largest absolute Gasteiger partial charge is 0.480 e. The first-order chi connectivity index (χ1) is 9.45. The van der Waals surface area contributed by atoms with Crippen molar-refractivity contribution < 1.29 is 14.8 Å². The summed E-state index contributed by atoms with van der Waals surface area (Å²) in [5.41, 5.74) is 0.561. The molecule has 1 N–H and O–H groups in total. The van der Waals surface area contributed by atoms with E-state index in [-0.39, 0.29) is 18.8 Å². The highest BCUT2D eigenvalue weighted by molar-refractivity contribution is 9.10. The highest BCUT2D eigenvalue weighted by Crippen LogP contribution is 2.31. The molecule has 0 radical (unpaired) electrons. The number of nitrogens with zero attached hydrogens (tertiary/aromatic N) is 2. The fourth-order valence-corrected chi connectivity index (χ4v) is 2.47. The molecule has 1 aliphatic carbocycles. The Morgan fingerprint density at radius 1 is 1.50 bits per heavy atom. The Morgan fingerprint density at radius 3 is 2.75 bits per heavy atom. The number of carbonyl (C=O) groups is 1. The second-order valence-electron chi connectivity index (χ2n) is 5.04. The minimum absolute atomic E-state index is 0.0190. The summed E-state index contributed by atoms with van der Waals surface area (Å²) in [7, 11) is 0. The van der Waals surface area contributed by atoms with E-state index in [0.29, 0.717) is 22.5 Å². The summed E-state index contributed by atoms with van der Waals surface area (Å²) in [6, 6.07) is 4.85. The van der Waals surface area contributed by atoms with Gasteiger partial charge in [0.1, 0.15) is 0 Å². The van der Waals surface area contributed by atoms with Gasteiger partial charge in [-0.25, -0.2) is 0 Å². The molecule has 0 heterocycles. The summed E-state index contributed by atoms with van der Waals surface area (Å²) < 4.78 is 0.639. The van der Waals surface area contributed by atoms with Crippen LogP contribution in [0.4, 0.5) is 5.69 Å². The van der Waals surface area contributed by atoms with Gasteiger partial charge in [-0.2, -0.15) is 0 Å². The normalized spacial score (nSPS) is 14.5. The van der Waals surface area contributed by atoms with Gasteiger partial charge in [-0.1, -0.05) is 15.9 Å². The smallest absolute Gasteiger partial charge is 0.317 e. The minimum Gasteiger partial charge on any atom is -0.480 e. The van der Waals surface area contributed by atoms with Crippen molar-refractivity contribution in [1.29, 1.82) is 0 Å². The maximum Gasteiger partial charge on any atom is 0.317 e. The van der Waals surface area contributed by atoms with Crippen LogP contribution in [0.15, 0.2) is 22.7 Å². The average molecular weight is 343 g/mol. The number of benzene rings is 1. The maximum atomic E-state index is 11.1. The van der Waals surface area contributed by atoms with Gasteiger partial charge < -0.3 is 5.11 Å². The van der Waals surface area contributed by atoms with E-state index < -0.39 is 10.9 Å². The predicted molar refractivity (Wildman–Crippen MR) is 76.4 cm³/mol. The van der Waals surface area contributed by atoms with Crippen molar-refractivity contribution in [2.45, 2.75) is 19.4 Å². The lowest BCUT2D eigenvalue weighted by Crippen LogP contribution is -2.31. The summed E-state index contributed by atoms with van der Waals surface area (Å²) >= 11 is 3.21. The molecule has 0 aromatic heterocycles. The lowest BCUT2D eigenvalue weighted by molar-refractivity contribution is -0.385. The second kappa shape index (κ2) is 6.32. The SMILES string of the molecule is O=C(O)CN(Cc1ccc(Br)cc1[N+](=O)[O-])CC1CC1. The van der Waals surface area contributed by atoms with E-state index in [1.807, 2.05) is 0 Å². The molecule has 1 saturated carbocycles. The van der Waals surface area contributed by atoms with Gasteiger partial charge in [0.15, 0.2) is 0 Å². The van der Waals surface area contributed by atoms with Crippen molar-refractivity contribution in [1.82, 2.24) is 4.90 Å². The number of hydrogen-bond donors (Lipinski definition) is 1. The number of nitro benzene ring substituents is 1. The first-order valence-electron chi connectivity index (χ1n) is 6.32. The average Bonchev–Trinajstić information content (AvgIpc) is 3.14. The number of carboxylic acids is 1. The van der Waals surface area contributed by atoms with Crippen molar-refractivity contribution in [3.05, 3.63) is 38.3 Å². The van der Waals surface area contributed by atoms with Gasteiger partial charge in [0, 0.05) is 29.2 Å². The second-order valence-corrected chi connectivity index (χ2v) is 5.95. The van der Waals surface area contributed by atoms with E-state index in [9.17, 15) is 14.9 Å². The van der Waals surface area contributed by atoms with E-state index in [4.69, 9.17) is 5.11 Å². The van der Waals surface area contributed by atoms with Gasteiger partial charge in [0.2, 0.25) is 0 Å². The molecule has 0 bridgehead atoms. The van der Waals surface area contributed by atoms with Crippen molar-refractivity contribution in [2.75, 3.05) is 13.1 Å². The molecule has 0 aliphatic heterocycles. The van der Waals surface area contributed by atoms with Crippen molar-refractivity contribution in [3.63, 3.8) is 0 Å². The number of hydrogen-bond acceptors (Lipinski definition) is 4. The molecule has 0 saturated heterocycles. The zero-order valence-corrected chi connectivity index (χ0v) is 12.4. The Hall–Kier alpha value is -1.47. The molecule has 1 aromatic carbocycles. The molecule has 6 nitrogen and oxygen atoms in total. The first kappa shape index (κ1) is 14.9. The number of rotatable bonds is 7. The molecule has 0 atom stereocenters. The zero-order chi connectivity index (χ0) is 14.7. The van der Waals surface area contributed by atoms with Crippen LogP contribution < -0.4 is 0 Å². The molecule has 0 amide bonds. The Kier molecular flexibility index (Phi) is 4.72. The fraction of sp³-hybridized carbons (Fsp3) is 0.462. The summed E-state index contributed by atoms with van der Waals surface area (Å²) in [5.74, 6) is -0.380. The number of nitro groups is 1. The van der Waals surface area contributed by atoms with Gasteiger partial charge >= 0.3 is 5.97 Å². The van der Waals surface area contributed by atoms with Gasteiger partial charge in [-0.3, -0.25) is 19.8 Å². The maximum absolute atomic E-state index is 11.1. The monoisotopic (exact) mass is 342 g/mol. The Bertz CT molecular complexity index is 531. The van der Waals surface area contributed by atoms with Crippen LogP contribution >= 0.6 is 15.9 Å². The van der Waals surface area contributed by atoms with E-state index >= 15 is 0 Å². The van der Waals surface area contributed by atoms with E-state index in [1.54, 1.807) is 17.0 Å². The van der Waals surface area contributed by atoms with Crippen LogP contribution in [-0.2, 0) is 11.3 Å². The molecule has 108 valence electrons. The lowest BCUT2D eigenvalue weighted by Gasteiger charge is -2.20.